The van der Waals surface area contributed by atoms with Crippen LogP contribution in [0.4, 0.5) is 8.78 Å². The number of amides is 1. The largest absolute Gasteiger partial charge is 0.457 e. The molecule has 0 aliphatic carbocycles. The predicted octanol–water partition coefficient (Wildman–Crippen LogP) is 4.41. The number of hydrogen-bond donors (Lipinski definition) is 7. The lowest BCUT2D eigenvalue weighted by Gasteiger charge is -2.40. The highest BCUT2D eigenvalue weighted by Gasteiger charge is 2.44. The van der Waals surface area contributed by atoms with E-state index >= 15 is 0 Å². The molecule has 2 aromatic rings. The average molecular weight is 726 g/mol. The van der Waals surface area contributed by atoms with E-state index in [4.69, 9.17) is 14.2 Å². The lowest BCUT2D eigenvalue weighted by atomic mass is 9.98. The van der Waals surface area contributed by atoms with Gasteiger partial charge in [-0.25, -0.2) is 8.78 Å². The maximum Gasteiger partial charge on any atom is 0.224 e. The quantitative estimate of drug-likeness (QED) is 0.0767. The van der Waals surface area contributed by atoms with Gasteiger partial charge in [-0.15, -0.1) is 0 Å². The molecule has 51 heavy (non-hydrogen) atoms. The summed E-state index contributed by atoms with van der Waals surface area (Å²) in [5.41, 5.74) is 0.560. The fourth-order valence-electron chi connectivity index (χ4n) is 6.06. The van der Waals surface area contributed by atoms with Crippen molar-refractivity contribution >= 4 is 5.91 Å². The molecule has 1 amide bonds. The number of ether oxygens (including phenoxy) is 3. The van der Waals surface area contributed by atoms with Crippen molar-refractivity contribution in [2.45, 2.75) is 146 Å². The van der Waals surface area contributed by atoms with Crippen molar-refractivity contribution < 1.29 is 58.4 Å². The van der Waals surface area contributed by atoms with Crippen LogP contribution in [0.5, 0.6) is 11.5 Å². The monoisotopic (exact) mass is 725 g/mol. The molecule has 3 rings (SSSR count). The second-order valence-electron chi connectivity index (χ2n) is 13.4. The number of nitrogens with one attached hydrogen (secondary N) is 1. The Morgan fingerprint density at radius 3 is 1.98 bits per heavy atom. The Morgan fingerprint density at radius 1 is 0.804 bits per heavy atom. The Morgan fingerprint density at radius 2 is 1.39 bits per heavy atom. The van der Waals surface area contributed by atoms with Gasteiger partial charge < -0.3 is 50.2 Å². The molecule has 1 aliphatic heterocycles. The first-order chi connectivity index (χ1) is 24.5. The van der Waals surface area contributed by atoms with Crippen LogP contribution in [0.25, 0.3) is 0 Å². The summed E-state index contributed by atoms with van der Waals surface area (Å²) < 4.78 is 43.3. The molecule has 288 valence electrons. The van der Waals surface area contributed by atoms with E-state index < -0.39 is 79.7 Å². The molecular weight excluding hydrogens is 668 g/mol. The molecule has 1 aliphatic rings. The smallest absolute Gasteiger partial charge is 0.224 e. The Hall–Kier alpha value is -2.75. The second-order valence-corrected chi connectivity index (χ2v) is 13.4. The average Bonchev–Trinajstić information content (AvgIpc) is 3.12. The fraction of sp³-hybridized carbons (Fsp3) is 0.658. The van der Waals surface area contributed by atoms with Crippen molar-refractivity contribution in [2.24, 2.45) is 0 Å². The zero-order valence-electron chi connectivity index (χ0n) is 29.5. The molecule has 2 aromatic carbocycles. The van der Waals surface area contributed by atoms with Gasteiger partial charge >= 0.3 is 0 Å². The van der Waals surface area contributed by atoms with E-state index in [0.29, 0.717) is 17.7 Å². The molecule has 8 atom stereocenters. The van der Waals surface area contributed by atoms with Crippen molar-refractivity contribution in [3.8, 4) is 11.5 Å². The molecule has 2 unspecified atom stereocenters. The van der Waals surface area contributed by atoms with Crippen LogP contribution < -0.4 is 10.1 Å². The van der Waals surface area contributed by atoms with Crippen molar-refractivity contribution in [3.63, 3.8) is 0 Å². The first-order valence-corrected chi connectivity index (χ1v) is 18.3. The predicted molar refractivity (Wildman–Crippen MR) is 186 cm³/mol. The first-order valence-electron chi connectivity index (χ1n) is 18.3. The van der Waals surface area contributed by atoms with Crippen molar-refractivity contribution in [3.05, 3.63) is 59.7 Å². The van der Waals surface area contributed by atoms with Crippen LogP contribution in [0, 0.1) is 11.6 Å². The van der Waals surface area contributed by atoms with E-state index in [0.717, 1.165) is 31.4 Å². The molecule has 7 N–H and O–H groups in total. The van der Waals surface area contributed by atoms with Gasteiger partial charge in [0.25, 0.3) is 0 Å². The zero-order chi connectivity index (χ0) is 37.2. The van der Waals surface area contributed by atoms with Crippen LogP contribution in [0.3, 0.4) is 0 Å². The minimum Gasteiger partial charge on any atom is -0.457 e. The molecule has 1 saturated heterocycles. The molecule has 0 radical (unpaired) electrons. The van der Waals surface area contributed by atoms with Gasteiger partial charge in [0.1, 0.15) is 42.0 Å². The van der Waals surface area contributed by atoms with E-state index in [1.807, 2.05) is 0 Å². The lowest BCUT2D eigenvalue weighted by Crippen LogP contribution is -2.60. The molecule has 13 heteroatoms. The highest BCUT2D eigenvalue weighted by atomic mass is 19.2. The van der Waals surface area contributed by atoms with Crippen LogP contribution in [0.1, 0.15) is 96.0 Å². The van der Waals surface area contributed by atoms with E-state index in [9.17, 15) is 44.2 Å². The molecule has 1 heterocycles. The first kappa shape index (κ1) is 42.7. The second kappa shape index (κ2) is 23.0. The Kier molecular flexibility index (Phi) is 19.3. The third-order valence-electron chi connectivity index (χ3n) is 9.21. The summed E-state index contributed by atoms with van der Waals surface area (Å²) in [4.78, 5) is 13.1. The van der Waals surface area contributed by atoms with Gasteiger partial charge in [0.2, 0.25) is 5.91 Å². The lowest BCUT2D eigenvalue weighted by molar-refractivity contribution is -0.303. The van der Waals surface area contributed by atoms with E-state index in [1.54, 1.807) is 24.3 Å². The SMILES string of the molecule is CCCCCCCCCCCCCC[C@@H](O)[C@@H](O)[C@H](CO[C@H]1OC(CO)[C@H](O)C(O)[C@@H]1O)NC(=O)Cc1ccc(Oc2ccc(F)c(F)c2)cc1. The Labute approximate surface area is 299 Å². The van der Waals surface area contributed by atoms with Gasteiger partial charge in [-0.2, -0.15) is 0 Å². The molecule has 0 spiro atoms. The third-order valence-corrected chi connectivity index (χ3v) is 9.21. The fourth-order valence-corrected chi connectivity index (χ4v) is 6.06. The minimum atomic E-state index is -1.69. The molecule has 0 bridgehead atoms. The summed E-state index contributed by atoms with van der Waals surface area (Å²) in [5, 5.41) is 64.8. The summed E-state index contributed by atoms with van der Waals surface area (Å²) in [6.45, 7) is 1.12. The molecule has 0 saturated carbocycles. The maximum absolute atomic E-state index is 13.5. The number of unbranched alkanes of at least 4 members (excludes halogenated alkanes) is 11. The topological polar surface area (TPSA) is 178 Å². The minimum absolute atomic E-state index is 0.0951. The third kappa shape index (κ3) is 14.7. The maximum atomic E-state index is 13.5. The molecule has 1 fully saturated rings. The van der Waals surface area contributed by atoms with Gasteiger partial charge in [-0.3, -0.25) is 4.79 Å². The van der Waals surface area contributed by atoms with E-state index in [2.05, 4.69) is 12.2 Å². The van der Waals surface area contributed by atoms with Crippen LogP contribution in [-0.2, 0) is 20.7 Å². The normalized spacial score (nSPS) is 22.3. The summed E-state index contributed by atoms with van der Waals surface area (Å²) in [5.74, 6) is -2.15. The highest BCUT2D eigenvalue weighted by Crippen LogP contribution is 2.25. The van der Waals surface area contributed by atoms with Crippen LogP contribution in [-0.4, -0.2) is 98.7 Å². The highest BCUT2D eigenvalue weighted by molar-refractivity contribution is 5.79. The standard InChI is InChI=1S/C38H57F2NO10/c1-2-3-4-5-6-7-8-9-10-11-12-13-14-31(43)34(45)30(24-49-38-37(48)36(47)35(46)32(23-42)51-38)41-33(44)21-25-15-17-26(18-16-25)50-27-19-20-28(39)29(40)22-27/h15-20,22,30-32,34-38,42-43,45-48H,2-14,21,23-24H2,1H3,(H,41,44)/t30-,31+,32?,34-,35-,36?,37-,38-/m0/s1. The Bertz CT molecular complexity index is 1270. The summed E-state index contributed by atoms with van der Waals surface area (Å²) in [7, 11) is 0. The Balaban J connectivity index is 1.53. The summed E-state index contributed by atoms with van der Waals surface area (Å²) in [6.07, 6.45) is 3.60. The van der Waals surface area contributed by atoms with Gasteiger partial charge in [0.05, 0.1) is 31.8 Å². The summed E-state index contributed by atoms with van der Waals surface area (Å²) >= 11 is 0. The van der Waals surface area contributed by atoms with Crippen LogP contribution >= 0.6 is 0 Å². The van der Waals surface area contributed by atoms with Gasteiger partial charge in [-0.1, -0.05) is 96.1 Å². The van der Waals surface area contributed by atoms with Crippen molar-refractivity contribution in [1.82, 2.24) is 5.32 Å². The number of benzene rings is 2. The number of aliphatic hydroxyl groups excluding tert-OH is 6. The van der Waals surface area contributed by atoms with Crippen LogP contribution in [0.2, 0.25) is 0 Å². The number of aliphatic hydroxyl groups is 6. The number of rotatable bonds is 24. The number of halogens is 2. The molecule has 0 aromatic heterocycles. The van der Waals surface area contributed by atoms with Gasteiger partial charge in [0.15, 0.2) is 17.9 Å². The van der Waals surface area contributed by atoms with Crippen LogP contribution in [0.15, 0.2) is 42.5 Å². The number of hydrogen-bond acceptors (Lipinski definition) is 10. The molecule has 11 nitrogen and oxygen atoms in total. The number of carbonyl (C=O) groups excluding carboxylic acids is 1. The van der Waals surface area contributed by atoms with Crippen molar-refractivity contribution in [1.29, 1.82) is 0 Å². The zero-order valence-corrected chi connectivity index (χ0v) is 29.5. The van der Waals surface area contributed by atoms with Gasteiger partial charge in [-0.05, 0) is 36.2 Å². The number of carbonyl (C=O) groups is 1. The summed E-state index contributed by atoms with van der Waals surface area (Å²) in [6, 6.07) is 8.30. The van der Waals surface area contributed by atoms with Gasteiger partial charge in [0, 0.05) is 6.07 Å². The molecular formula is C38H57F2NO10. The van der Waals surface area contributed by atoms with E-state index in [-0.39, 0.29) is 18.6 Å². The van der Waals surface area contributed by atoms with Crippen molar-refractivity contribution in [2.75, 3.05) is 13.2 Å². The van der Waals surface area contributed by atoms with E-state index in [1.165, 1.54) is 57.4 Å².